The van der Waals surface area contributed by atoms with E-state index in [4.69, 9.17) is 5.26 Å². The minimum Gasteiger partial charge on any atom is -0.356 e. The molecule has 0 fully saturated rings. The fourth-order valence-electron chi connectivity index (χ4n) is 2.31. The summed E-state index contributed by atoms with van der Waals surface area (Å²) < 4.78 is 0. The van der Waals surface area contributed by atoms with Crippen LogP contribution in [0.1, 0.15) is 29.5 Å². The molecule has 1 unspecified atom stereocenters. The van der Waals surface area contributed by atoms with Gasteiger partial charge in [0.15, 0.2) is 5.96 Å². The average Bonchev–Trinajstić information content (AvgIpc) is 2.62. The van der Waals surface area contributed by atoms with Gasteiger partial charge in [0.2, 0.25) is 0 Å². The third-order valence-electron chi connectivity index (χ3n) is 3.68. The van der Waals surface area contributed by atoms with Gasteiger partial charge in [-0.15, -0.1) is 24.0 Å². The van der Waals surface area contributed by atoms with Crippen LogP contribution in [0.2, 0.25) is 0 Å². The van der Waals surface area contributed by atoms with Gasteiger partial charge in [0.05, 0.1) is 11.6 Å². The van der Waals surface area contributed by atoms with Crippen molar-refractivity contribution in [3.05, 3.63) is 71.3 Å². The summed E-state index contributed by atoms with van der Waals surface area (Å²) >= 11 is 0. The smallest absolute Gasteiger partial charge is 0.191 e. The van der Waals surface area contributed by atoms with E-state index in [2.05, 4.69) is 52.9 Å². The molecule has 0 radical (unpaired) electrons. The van der Waals surface area contributed by atoms with Gasteiger partial charge in [-0.3, -0.25) is 4.99 Å². The fraction of sp³-hybridized carbons (Fsp3) is 0.263. The summed E-state index contributed by atoms with van der Waals surface area (Å²) in [5.74, 6) is 1.16. The number of aliphatic imine (C=N–C) groups is 1. The van der Waals surface area contributed by atoms with Crippen LogP contribution in [0.25, 0.3) is 0 Å². The first-order valence-electron chi connectivity index (χ1n) is 7.71. The molecule has 2 aromatic carbocycles. The molecule has 0 saturated heterocycles. The van der Waals surface area contributed by atoms with E-state index in [1.54, 1.807) is 13.1 Å². The summed E-state index contributed by atoms with van der Waals surface area (Å²) in [6, 6.07) is 20.1. The molecule has 5 heteroatoms. The molecule has 1 atom stereocenters. The van der Waals surface area contributed by atoms with Gasteiger partial charge >= 0.3 is 0 Å². The largest absolute Gasteiger partial charge is 0.356 e. The van der Waals surface area contributed by atoms with Gasteiger partial charge in [0.25, 0.3) is 0 Å². The number of hydrogen-bond acceptors (Lipinski definition) is 2. The Hall–Kier alpha value is -2.07. The summed E-state index contributed by atoms with van der Waals surface area (Å²) in [7, 11) is 1.76. The fourth-order valence-corrected chi connectivity index (χ4v) is 2.31. The van der Waals surface area contributed by atoms with Crippen LogP contribution in [-0.2, 0) is 6.54 Å². The zero-order valence-corrected chi connectivity index (χ0v) is 16.3. The van der Waals surface area contributed by atoms with Crippen molar-refractivity contribution >= 4 is 29.9 Å². The van der Waals surface area contributed by atoms with E-state index < -0.39 is 0 Å². The van der Waals surface area contributed by atoms with E-state index in [9.17, 15) is 0 Å². The number of guanidine groups is 1. The van der Waals surface area contributed by atoms with Gasteiger partial charge in [0, 0.05) is 20.1 Å². The zero-order valence-electron chi connectivity index (χ0n) is 14.0. The Morgan fingerprint density at radius 1 is 1.12 bits per heavy atom. The van der Waals surface area contributed by atoms with Gasteiger partial charge in [-0.05, 0) is 29.2 Å². The van der Waals surface area contributed by atoms with Crippen LogP contribution in [0.3, 0.4) is 0 Å². The van der Waals surface area contributed by atoms with Crippen molar-refractivity contribution in [1.29, 1.82) is 5.26 Å². The highest BCUT2D eigenvalue weighted by atomic mass is 127. The molecule has 4 nitrogen and oxygen atoms in total. The van der Waals surface area contributed by atoms with Crippen molar-refractivity contribution in [3.63, 3.8) is 0 Å². The SMILES string of the molecule is CN=C(NCc1cccc(C#N)c1)NCC(C)c1ccccc1.I. The Kier molecular flexibility index (Phi) is 8.87. The number of benzene rings is 2. The highest BCUT2D eigenvalue weighted by Gasteiger charge is 2.06. The monoisotopic (exact) mass is 434 g/mol. The first-order chi connectivity index (χ1) is 11.2. The second-order valence-electron chi connectivity index (χ2n) is 5.43. The van der Waals surface area contributed by atoms with Crippen LogP contribution >= 0.6 is 24.0 Å². The Labute approximate surface area is 161 Å². The highest BCUT2D eigenvalue weighted by Crippen LogP contribution is 2.12. The second-order valence-corrected chi connectivity index (χ2v) is 5.43. The maximum atomic E-state index is 8.93. The van der Waals surface area contributed by atoms with Crippen LogP contribution in [0.5, 0.6) is 0 Å². The number of hydrogen-bond donors (Lipinski definition) is 2. The Balaban J connectivity index is 0.00000288. The number of nitrogens with zero attached hydrogens (tertiary/aromatic N) is 2. The lowest BCUT2D eigenvalue weighted by molar-refractivity contribution is 0.699. The molecule has 0 bridgehead atoms. The molecule has 0 aliphatic heterocycles. The van der Waals surface area contributed by atoms with Crippen LogP contribution in [0.15, 0.2) is 59.6 Å². The van der Waals surface area contributed by atoms with Gasteiger partial charge in [-0.25, -0.2) is 0 Å². The van der Waals surface area contributed by atoms with Crippen molar-refractivity contribution in [3.8, 4) is 6.07 Å². The third-order valence-corrected chi connectivity index (χ3v) is 3.68. The molecule has 0 saturated carbocycles. The van der Waals surface area contributed by atoms with E-state index in [1.807, 2.05) is 24.3 Å². The van der Waals surface area contributed by atoms with Crippen molar-refractivity contribution in [1.82, 2.24) is 10.6 Å². The average molecular weight is 434 g/mol. The van der Waals surface area contributed by atoms with Crippen LogP contribution in [0, 0.1) is 11.3 Å². The first-order valence-corrected chi connectivity index (χ1v) is 7.71. The van der Waals surface area contributed by atoms with Crippen LogP contribution < -0.4 is 10.6 Å². The molecule has 0 aromatic heterocycles. The number of nitriles is 1. The van der Waals surface area contributed by atoms with Gasteiger partial charge < -0.3 is 10.6 Å². The maximum absolute atomic E-state index is 8.93. The van der Waals surface area contributed by atoms with E-state index in [-0.39, 0.29) is 24.0 Å². The van der Waals surface area contributed by atoms with E-state index in [1.165, 1.54) is 5.56 Å². The summed E-state index contributed by atoms with van der Waals surface area (Å²) in [5, 5.41) is 15.5. The van der Waals surface area contributed by atoms with Gasteiger partial charge in [-0.2, -0.15) is 5.26 Å². The molecule has 2 N–H and O–H groups in total. The van der Waals surface area contributed by atoms with Crippen molar-refractivity contribution in [2.45, 2.75) is 19.4 Å². The minimum absolute atomic E-state index is 0. The molecular formula is C19H23IN4. The van der Waals surface area contributed by atoms with Crippen molar-refractivity contribution in [2.75, 3.05) is 13.6 Å². The lowest BCUT2D eigenvalue weighted by Gasteiger charge is -2.16. The molecule has 0 amide bonds. The molecule has 0 heterocycles. The number of rotatable bonds is 5. The van der Waals surface area contributed by atoms with E-state index in [0.29, 0.717) is 18.0 Å². The summed E-state index contributed by atoms with van der Waals surface area (Å²) in [5.41, 5.74) is 3.03. The Bertz CT molecular complexity index is 692. The summed E-state index contributed by atoms with van der Waals surface area (Å²) in [6.45, 7) is 3.63. The van der Waals surface area contributed by atoms with E-state index >= 15 is 0 Å². The zero-order chi connectivity index (χ0) is 16.5. The minimum atomic E-state index is 0. The van der Waals surface area contributed by atoms with Gasteiger partial charge in [0.1, 0.15) is 0 Å². The first kappa shape index (κ1) is 20.0. The van der Waals surface area contributed by atoms with Crippen molar-refractivity contribution < 1.29 is 0 Å². The standard InChI is InChI=1S/C19H22N4.HI/c1-15(18-9-4-3-5-10-18)13-22-19(21-2)23-14-17-8-6-7-16(11-17)12-20;/h3-11,15H,13-14H2,1-2H3,(H2,21,22,23);1H. The van der Waals surface area contributed by atoms with Crippen LogP contribution in [-0.4, -0.2) is 19.6 Å². The molecule has 0 spiro atoms. The molecule has 2 rings (SSSR count). The predicted octanol–water partition coefficient (Wildman–Crippen LogP) is 3.64. The van der Waals surface area contributed by atoms with Crippen LogP contribution in [0.4, 0.5) is 0 Å². The molecule has 2 aromatic rings. The molecular weight excluding hydrogens is 411 g/mol. The molecule has 24 heavy (non-hydrogen) atoms. The normalized spacial score (nSPS) is 11.8. The van der Waals surface area contributed by atoms with Gasteiger partial charge in [-0.1, -0.05) is 49.4 Å². The lowest BCUT2D eigenvalue weighted by Crippen LogP contribution is -2.38. The number of halogens is 1. The second kappa shape index (κ2) is 10.7. The summed E-state index contributed by atoms with van der Waals surface area (Å²) in [6.07, 6.45) is 0. The molecule has 126 valence electrons. The third kappa shape index (κ3) is 6.20. The van der Waals surface area contributed by atoms with Crippen molar-refractivity contribution in [2.24, 2.45) is 4.99 Å². The highest BCUT2D eigenvalue weighted by molar-refractivity contribution is 14.0. The topological polar surface area (TPSA) is 60.2 Å². The quantitative estimate of drug-likeness (QED) is 0.429. The number of nitrogens with one attached hydrogen (secondary N) is 2. The Morgan fingerprint density at radius 2 is 1.88 bits per heavy atom. The Morgan fingerprint density at radius 3 is 2.54 bits per heavy atom. The van der Waals surface area contributed by atoms with E-state index in [0.717, 1.165) is 18.1 Å². The lowest BCUT2D eigenvalue weighted by atomic mass is 10.0. The summed E-state index contributed by atoms with van der Waals surface area (Å²) in [4.78, 5) is 4.24. The molecule has 0 aliphatic rings. The molecule has 0 aliphatic carbocycles. The maximum Gasteiger partial charge on any atom is 0.191 e. The predicted molar refractivity (Wildman–Crippen MR) is 110 cm³/mol.